The molecule has 0 unspecified atom stereocenters. The van der Waals surface area contributed by atoms with Crippen molar-refractivity contribution in [3.05, 3.63) is 33.8 Å². The number of hydrogen-bond donors (Lipinski definition) is 2. The van der Waals surface area contributed by atoms with E-state index in [0.29, 0.717) is 22.6 Å². The van der Waals surface area contributed by atoms with Crippen molar-refractivity contribution in [1.82, 2.24) is 0 Å². The highest BCUT2D eigenvalue weighted by Gasteiger charge is 2.11. The molecule has 2 nitrogen and oxygen atoms in total. The maximum Gasteiger partial charge on any atom is 0.128 e. The summed E-state index contributed by atoms with van der Waals surface area (Å²) in [4.78, 5) is 0. The van der Waals surface area contributed by atoms with E-state index in [1.54, 1.807) is 18.2 Å². The maximum absolute atomic E-state index is 9.85. The molecule has 0 aromatic heterocycles. The van der Waals surface area contributed by atoms with Crippen molar-refractivity contribution in [3.8, 4) is 0 Å². The van der Waals surface area contributed by atoms with Gasteiger partial charge in [0.2, 0.25) is 0 Å². The molecule has 0 aliphatic rings. The van der Waals surface area contributed by atoms with Crippen LogP contribution in [0.3, 0.4) is 0 Å². The predicted molar refractivity (Wildman–Crippen MR) is 63.4 cm³/mol. The van der Waals surface area contributed by atoms with Crippen molar-refractivity contribution in [1.29, 1.82) is 0 Å². The summed E-state index contributed by atoms with van der Waals surface area (Å²) in [6, 6.07) is 5.69. The van der Waals surface area contributed by atoms with Crippen LogP contribution >= 0.6 is 23.2 Å². The smallest absolute Gasteiger partial charge is 0.128 e. The first-order valence-electron chi connectivity index (χ1n) is 4.97. The van der Waals surface area contributed by atoms with E-state index >= 15 is 0 Å². The fraction of sp³-hybridized carbons (Fsp3) is 0.455. The van der Waals surface area contributed by atoms with Gasteiger partial charge in [-0.1, -0.05) is 29.3 Å². The summed E-state index contributed by atoms with van der Waals surface area (Å²) in [5, 5.41) is 12.9. The highest BCUT2D eigenvalue weighted by atomic mass is 35.5. The van der Waals surface area contributed by atoms with E-state index in [-0.39, 0.29) is 0 Å². The van der Waals surface area contributed by atoms with Gasteiger partial charge in [-0.2, -0.15) is 0 Å². The Hall–Kier alpha value is -0.280. The highest BCUT2D eigenvalue weighted by Crippen LogP contribution is 2.25. The molecule has 0 fully saturated rings. The van der Waals surface area contributed by atoms with E-state index in [2.05, 4.69) is 19.2 Å². The van der Waals surface area contributed by atoms with Crippen molar-refractivity contribution >= 4 is 23.2 Å². The number of aliphatic hydroxyl groups is 1. The van der Waals surface area contributed by atoms with E-state index in [4.69, 9.17) is 23.2 Å². The summed E-state index contributed by atoms with van der Waals surface area (Å²) in [7, 11) is 0. The Bertz CT molecular complexity index is 328. The lowest BCUT2D eigenvalue weighted by molar-refractivity contribution is -0.689. The molecule has 1 aromatic rings. The van der Waals surface area contributed by atoms with Gasteiger partial charge in [0.1, 0.15) is 12.6 Å². The molecule has 0 radical (unpaired) electrons. The topological polar surface area (TPSA) is 36.8 Å². The Morgan fingerprint density at radius 1 is 1.27 bits per heavy atom. The summed E-state index contributed by atoms with van der Waals surface area (Å²) in [6.45, 7) is 4.80. The standard InChI is InChI=1S/C11H15Cl2NO/c1-7(2)14-6-11(15)8-3-4-9(12)10(13)5-8/h3-5,7,11,14-15H,6H2,1-2H3/p+1/t11-/m0/s1. The average molecular weight is 249 g/mol. The van der Waals surface area contributed by atoms with E-state index in [9.17, 15) is 5.11 Å². The molecule has 0 bridgehead atoms. The Balaban J connectivity index is 2.65. The first-order chi connectivity index (χ1) is 7.00. The van der Waals surface area contributed by atoms with Crippen LogP contribution in [0.1, 0.15) is 25.5 Å². The van der Waals surface area contributed by atoms with Crippen LogP contribution in [-0.4, -0.2) is 17.7 Å². The molecule has 1 atom stereocenters. The van der Waals surface area contributed by atoms with Crippen molar-refractivity contribution < 1.29 is 10.4 Å². The minimum absolute atomic E-state index is 0.474. The van der Waals surface area contributed by atoms with Gasteiger partial charge < -0.3 is 10.4 Å². The van der Waals surface area contributed by atoms with Crippen molar-refractivity contribution in [2.75, 3.05) is 6.54 Å². The lowest BCUT2D eigenvalue weighted by Gasteiger charge is -2.12. The fourth-order valence-corrected chi connectivity index (χ4v) is 1.56. The molecule has 3 N–H and O–H groups in total. The Morgan fingerprint density at radius 3 is 2.47 bits per heavy atom. The lowest BCUT2D eigenvalue weighted by atomic mass is 10.1. The summed E-state index contributed by atoms with van der Waals surface area (Å²) in [5.41, 5.74) is 0.807. The first-order valence-corrected chi connectivity index (χ1v) is 5.72. The second-order valence-corrected chi connectivity index (χ2v) is 4.72. The van der Waals surface area contributed by atoms with Gasteiger partial charge in [0, 0.05) is 0 Å². The zero-order valence-electron chi connectivity index (χ0n) is 8.87. The molecule has 15 heavy (non-hydrogen) atoms. The van der Waals surface area contributed by atoms with Crippen LogP contribution in [0.5, 0.6) is 0 Å². The predicted octanol–water partition coefficient (Wildman–Crippen LogP) is 2.00. The maximum atomic E-state index is 9.85. The molecule has 1 rings (SSSR count). The summed E-state index contributed by atoms with van der Waals surface area (Å²) >= 11 is 11.7. The zero-order chi connectivity index (χ0) is 11.4. The van der Waals surface area contributed by atoms with Crippen LogP contribution in [0, 0.1) is 0 Å². The van der Waals surface area contributed by atoms with Crippen molar-refractivity contribution in [2.45, 2.75) is 26.0 Å². The molecule has 0 spiro atoms. The minimum Gasteiger partial charge on any atom is -0.382 e. The van der Waals surface area contributed by atoms with Gasteiger partial charge in [-0.25, -0.2) is 0 Å². The Morgan fingerprint density at radius 2 is 1.93 bits per heavy atom. The highest BCUT2D eigenvalue weighted by molar-refractivity contribution is 6.42. The number of halogens is 2. The molecule has 0 saturated heterocycles. The van der Waals surface area contributed by atoms with Crippen LogP contribution in [0.25, 0.3) is 0 Å². The summed E-state index contributed by atoms with van der Waals surface area (Å²) in [6.07, 6.45) is -0.498. The second kappa shape index (κ2) is 5.71. The van der Waals surface area contributed by atoms with E-state index in [1.165, 1.54) is 0 Å². The minimum atomic E-state index is -0.498. The molecule has 4 heteroatoms. The molecule has 0 saturated carbocycles. The van der Waals surface area contributed by atoms with Gasteiger partial charge in [0.25, 0.3) is 0 Å². The van der Waals surface area contributed by atoms with Crippen molar-refractivity contribution in [2.24, 2.45) is 0 Å². The van der Waals surface area contributed by atoms with Crippen LogP contribution in [0.15, 0.2) is 18.2 Å². The number of quaternary nitrogens is 1. The fourth-order valence-electron chi connectivity index (χ4n) is 1.26. The van der Waals surface area contributed by atoms with Gasteiger partial charge in [-0.3, -0.25) is 0 Å². The Kier molecular flexibility index (Phi) is 4.87. The van der Waals surface area contributed by atoms with Gasteiger partial charge in [-0.05, 0) is 31.5 Å². The zero-order valence-corrected chi connectivity index (χ0v) is 10.4. The normalized spacial score (nSPS) is 13.2. The third kappa shape index (κ3) is 3.99. The molecule has 0 aliphatic carbocycles. The SMILES string of the molecule is CC(C)[NH2+]C[C@H](O)c1ccc(Cl)c(Cl)c1. The van der Waals surface area contributed by atoms with Gasteiger partial charge in [0.15, 0.2) is 0 Å². The second-order valence-electron chi connectivity index (χ2n) is 3.90. The number of rotatable bonds is 4. The number of hydrogen-bond acceptors (Lipinski definition) is 1. The molecular formula is C11H16Cl2NO+. The molecular weight excluding hydrogens is 233 g/mol. The van der Waals surface area contributed by atoms with Gasteiger partial charge in [0.05, 0.1) is 16.1 Å². The molecule has 0 amide bonds. The number of benzene rings is 1. The molecule has 0 heterocycles. The summed E-state index contributed by atoms with van der Waals surface area (Å²) in [5.74, 6) is 0. The number of aliphatic hydroxyl groups excluding tert-OH is 1. The van der Waals surface area contributed by atoms with E-state index in [0.717, 1.165) is 5.56 Å². The monoisotopic (exact) mass is 248 g/mol. The van der Waals surface area contributed by atoms with Crippen molar-refractivity contribution in [3.63, 3.8) is 0 Å². The Labute approximate surface area is 100 Å². The third-order valence-electron chi connectivity index (χ3n) is 2.16. The van der Waals surface area contributed by atoms with Crippen LogP contribution in [0.2, 0.25) is 10.0 Å². The first kappa shape index (κ1) is 12.8. The lowest BCUT2D eigenvalue weighted by Crippen LogP contribution is -2.89. The van der Waals surface area contributed by atoms with Crippen LogP contribution in [0.4, 0.5) is 0 Å². The summed E-state index contributed by atoms with van der Waals surface area (Å²) < 4.78 is 0. The molecule has 1 aromatic carbocycles. The van der Waals surface area contributed by atoms with Gasteiger partial charge in [-0.15, -0.1) is 0 Å². The number of nitrogens with two attached hydrogens (primary N) is 1. The van der Waals surface area contributed by atoms with Gasteiger partial charge >= 0.3 is 0 Å². The molecule has 0 aliphatic heterocycles. The van der Waals surface area contributed by atoms with E-state index < -0.39 is 6.10 Å². The molecule has 84 valence electrons. The van der Waals surface area contributed by atoms with Crippen LogP contribution in [-0.2, 0) is 0 Å². The third-order valence-corrected chi connectivity index (χ3v) is 2.90. The average Bonchev–Trinajstić information content (AvgIpc) is 2.18. The largest absolute Gasteiger partial charge is 0.382 e. The van der Waals surface area contributed by atoms with Crippen LogP contribution < -0.4 is 5.32 Å². The quantitative estimate of drug-likeness (QED) is 0.841. The van der Waals surface area contributed by atoms with E-state index in [1.807, 2.05) is 0 Å².